The summed E-state index contributed by atoms with van der Waals surface area (Å²) in [4.78, 5) is 49.2. The molecule has 4 amide bonds. The lowest BCUT2D eigenvalue weighted by molar-refractivity contribution is -0.136. The first-order chi connectivity index (χ1) is 12.5. The lowest BCUT2D eigenvalue weighted by atomic mass is 10.0. The molecule has 10 nitrogen and oxygen atoms in total. The van der Waals surface area contributed by atoms with E-state index in [0.717, 1.165) is 4.90 Å². The molecule has 3 rings (SSSR count). The Balaban J connectivity index is 1.88. The van der Waals surface area contributed by atoms with Gasteiger partial charge in [0, 0.05) is 6.42 Å². The van der Waals surface area contributed by atoms with E-state index in [1.165, 1.54) is 18.2 Å². The SMILES string of the molecule is N#CC(C#N)=NNc1ccc2c(c1)C(=O)N(C1CCC(=O)NC1=O)C2=O. The molecule has 1 aromatic rings. The van der Waals surface area contributed by atoms with Gasteiger partial charge in [0.25, 0.3) is 11.8 Å². The van der Waals surface area contributed by atoms with Crippen molar-refractivity contribution in [3.05, 3.63) is 29.3 Å². The number of hydrogen-bond acceptors (Lipinski definition) is 8. The van der Waals surface area contributed by atoms with Gasteiger partial charge < -0.3 is 0 Å². The minimum Gasteiger partial charge on any atom is -0.295 e. The van der Waals surface area contributed by atoms with Gasteiger partial charge in [0.1, 0.15) is 18.2 Å². The zero-order chi connectivity index (χ0) is 18.8. The number of fused-ring (bicyclic) bond motifs is 1. The molecule has 0 spiro atoms. The van der Waals surface area contributed by atoms with Crippen LogP contribution in [0.25, 0.3) is 0 Å². The number of benzene rings is 1. The summed E-state index contributed by atoms with van der Waals surface area (Å²) in [6, 6.07) is 6.29. The van der Waals surface area contributed by atoms with Gasteiger partial charge in [-0.1, -0.05) is 0 Å². The van der Waals surface area contributed by atoms with Gasteiger partial charge in [-0.3, -0.25) is 34.8 Å². The summed E-state index contributed by atoms with van der Waals surface area (Å²) < 4.78 is 0. The molecule has 128 valence electrons. The van der Waals surface area contributed by atoms with E-state index < -0.39 is 35.4 Å². The highest BCUT2D eigenvalue weighted by molar-refractivity contribution is 6.23. The second-order valence-corrected chi connectivity index (χ2v) is 5.50. The fourth-order valence-corrected chi connectivity index (χ4v) is 2.74. The Labute approximate surface area is 146 Å². The number of hydrazone groups is 1. The molecular weight excluding hydrogens is 340 g/mol. The van der Waals surface area contributed by atoms with Crippen LogP contribution >= 0.6 is 0 Å². The van der Waals surface area contributed by atoms with Gasteiger partial charge in [-0.05, 0) is 24.6 Å². The van der Waals surface area contributed by atoms with Crippen molar-refractivity contribution in [2.75, 3.05) is 5.43 Å². The lowest BCUT2D eigenvalue weighted by Crippen LogP contribution is -2.54. The Hall–Kier alpha value is -4.05. The number of imide groups is 2. The van der Waals surface area contributed by atoms with E-state index >= 15 is 0 Å². The first-order valence-electron chi connectivity index (χ1n) is 7.45. The molecule has 1 fully saturated rings. The quantitative estimate of drug-likeness (QED) is 0.438. The summed E-state index contributed by atoms with van der Waals surface area (Å²) in [7, 11) is 0. The van der Waals surface area contributed by atoms with E-state index in [0.29, 0.717) is 0 Å². The van der Waals surface area contributed by atoms with E-state index in [1.807, 2.05) is 0 Å². The topological polar surface area (TPSA) is 156 Å². The first kappa shape index (κ1) is 16.8. The van der Waals surface area contributed by atoms with E-state index in [4.69, 9.17) is 10.5 Å². The number of nitriles is 2. The molecular formula is C16H10N6O4. The van der Waals surface area contributed by atoms with Gasteiger partial charge in [0.05, 0.1) is 16.8 Å². The Morgan fingerprint density at radius 2 is 1.85 bits per heavy atom. The molecule has 26 heavy (non-hydrogen) atoms. The minimum atomic E-state index is -1.04. The van der Waals surface area contributed by atoms with Crippen molar-refractivity contribution in [3.8, 4) is 12.1 Å². The molecule has 2 N–H and O–H groups in total. The molecule has 2 heterocycles. The van der Waals surface area contributed by atoms with Crippen molar-refractivity contribution in [1.29, 1.82) is 10.5 Å². The molecule has 1 saturated heterocycles. The maximum Gasteiger partial charge on any atom is 0.262 e. The van der Waals surface area contributed by atoms with Crippen molar-refractivity contribution in [1.82, 2.24) is 10.2 Å². The second-order valence-electron chi connectivity index (χ2n) is 5.50. The molecule has 0 aliphatic carbocycles. The number of amides is 4. The highest BCUT2D eigenvalue weighted by atomic mass is 16.2. The van der Waals surface area contributed by atoms with Crippen molar-refractivity contribution >= 4 is 35.0 Å². The van der Waals surface area contributed by atoms with Crippen molar-refractivity contribution in [2.45, 2.75) is 18.9 Å². The third-order valence-electron chi connectivity index (χ3n) is 3.95. The molecule has 10 heteroatoms. The largest absolute Gasteiger partial charge is 0.295 e. The number of nitrogens with zero attached hydrogens (tertiary/aromatic N) is 4. The van der Waals surface area contributed by atoms with Crippen molar-refractivity contribution in [3.63, 3.8) is 0 Å². The van der Waals surface area contributed by atoms with Gasteiger partial charge in [0.15, 0.2) is 0 Å². The number of piperidine rings is 1. The molecule has 2 aliphatic heterocycles. The lowest BCUT2D eigenvalue weighted by Gasteiger charge is -2.27. The number of carbonyl (C=O) groups excluding carboxylic acids is 4. The average Bonchev–Trinajstić information content (AvgIpc) is 2.87. The van der Waals surface area contributed by atoms with Gasteiger partial charge >= 0.3 is 0 Å². The van der Waals surface area contributed by atoms with Crippen LogP contribution in [0.5, 0.6) is 0 Å². The molecule has 1 atom stereocenters. The van der Waals surface area contributed by atoms with Crippen LogP contribution < -0.4 is 10.7 Å². The fourth-order valence-electron chi connectivity index (χ4n) is 2.74. The molecule has 2 aliphatic rings. The maximum atomic E-state index is 12.6. The van der Waals surface area contributed by atoms with E-state index in [2.05, 4.69) is 15.8 Å². The average molecular weight is 350 g/mol. The van der Waals surface area contributed by atoms with Gasteiger partial charge in [-0.2, -0.15) is 15.6 Å². The van der Waals surface area contributed by atoms with Crippen LogP contribution in [0.2, 0.25) is 0 Å². The summed E-state index contributed by atoms with van der Waals surface area (Å²) in [5.74, 6) is -2.42. The number of anilines is 1. The fraction of sp³-hybridized carbons (Fsp3) is 0.188. The first-order valence-corrected chi connectivity index (χ1v) is 7.45. The number of nitrogens with one attached hydrogen (secondary N) is 2. The normalized spacial score (nSPS) is 18.5. The van der Waals surface area contributed by atoms with Crippen LogP contribution in [0.3, 0.4) is 0 Å². The zero-order valence-corrected chi connectivity index (χ0v) is 13.1. The number of carbonyl (C=O) groups is 4. The van der Waals surface area contributed by atoms with E-state index in [9.17, 15) is 19.2 Å². The Kier molecular flexibility index (Phi) is 4.17. The van der Waals surface area contributed by atoms with Gasteiger partial charge in [-0.25, -0.2) is 0 Å². The van der Waals surface area contributed by atoms with Gasteiger partial charge in [0.2, 0.25) is 17.5 Å². The summed E-state index contributed by atoms with van der Waals surface area (Å²) in [5, 5.41) is 23.0. The molecule has 1 unspecified atom stereocenters. The Bertz CT molecular complexity index is 952. The summed E-state index contributed by atoms with van der Waals surface area (Å²) in [5.41, 5.74) is 2.53. The predicted molar refractivity (Wildman–Crippen MR) is 85.4 cm³/mol. The monoisotopic (exact) mass is 350 g/mol. The van der Waals surface area contributed by atoms with Crippen molar-refractivity contribution in [2.24, 2.45) is 5.10 Å². The summed E-state index contributed by atoms with van der Waals surface area (Å²) in [6.45, 7) is 0. The maximum absolute atomic E-state index is 12.6. The Morgan fingerprint density at radius 3 is 2.50 bits per heavy atom. The molecule has 0 saturated carbocycles. The van der Waals surface area contributed by atoms with Crippen LogP contribution in [0.15, 0.2) is 23.3 Å². The predicted octanol–water partition coefficient (Wildman–Crippen LogP) is -0.0971. The molecule has 0 radical (unpaired) electrons. The van der Waals surface area contributed by atoms with Crippen molar-refractivity contribution < 1.29 is 19.2 Å². The highest BCUT2D eigenvalue weighted by Gasteiger charge is 2.44. The van der Waals surface area contributed by atoms with Crippen LogP contribution in [0, 0.1) is 22.7 Å². The highest BCUT2D eigenvalue weighted by Crippen LogP contribution is 2.29. The third kappa shape index (κ3) is 2.76. The molecule has 0 aromatic heterocycles. The Morgan fingerprint density at radius 1 is 1.15 bits per heavy atom. The van der Waals surface area contributed by atoms with E-state index in [1.54, 1.807) is 12.1 Å². The van der Waals surface area contributed by atoms with Crippen LogP contribution in [-0.2, 0) is 9.59 Å². The number of rotatable bonds is 3. The number of hydrogen-bond donors (Lipinski definition) is 2. The zero-order valence-electron chi connectivity index (χ0n) is 13.1. The minimum absolute atomic E-state index is 0.0381. The molecule has 0 bridgehead atoms. The third-order valence-corrected chi connectivity index (χ3v) is 3.95. The van der Waals surface area contributed by atoms with Gasteiger partial charge in [-0.15, -0.1) is 0 Å². The van der Waals surface area contributed by atoms with Crippen LogP contribution in [-0.4, -0.2) is 40.3 Å². The van der Waals surface area contributed by atoms with Crippen LogP contribution in [0.1, 0.15) is 33.6 Å². The second kappa shape index (κ2) is 6.45. The van der Waals surface area contributed by atoms with E-state index in [-0.39, 0.29) is 29.7 Å². The summed E-state index contributed by atoms with van der Waals surface area (Å²) >= 11 is 0. The smallest absolute Gasteiger partial charge is 0.262 e. The van der Waals surface area contributed by atoms with Crippen LogP contribution in [0.4, 0.5) is 5.69 Å². The standard InChI is InChI=1S/C16H10N6O4/c17-6-9(7-18)21-20-8-1-2-10-11(5-8)16(26)22(15(10)25)12-3-4-13(23)19-14(12)24/h1-2,5,12,20H,3-4H2,(H,19,23,24). The summed E-state index contributed by atoms with van der Waals surface area (Å²) in [6.07, 6.45) is 0.107. The molecule has 1 aromatic carbocycles.